The predicted molar refractivity (Wildman–Crippen MR) is 101 cm³/mol. The number of anilines is 1. The molecule has 27 heavy (non-hydrogen) atoms. The summed E-state index contributed by atoms with van der Waals surface area (Å²) in [5.74, 6) is 0.487. The van der Waals surface area contributed by atoms with Crippen LogP contribution in [0.4, 0.5) is 5.69 Å². The van der Waals surface area contributed by atoms with Crippen LogP contribution < -0.4 is 10.0 Å². The van der Waals surface area contributed by atoms with E-state index in [1.165, 1.54) is 12.1 Å². The summed E-state index contributed by atoms with van der Waals surface area (Å²) >= 11 is 0. The third-order valence-corrected chi connectivity index (χ3v) is 5.67. The molecule has 8 nitrogen and oxygen atoms in total. The average Bonchev–Trinajstić information content (AvgIpc) is 2.81. The molecule has 1 aliphatic rings. The highest BCUT2D eigenvalue weighted by molar-refractivity contribution is 7.90. The number of amides is 1. The molecule has 9 heteroatoms. The lowest BCUT2D eigenvalue weighted by molar-refractivity contribution is 0.102. The SMILES string of the molecule is Cc1noc(C)c1C(=O)Nc1cccc(S(=O)(=O)NC2=NCCCCC2)c1. The first kappa shape index (κ1) is 19.1. The zero-order valence-electron chi connectivity index (χ0n) is 15.3. The van der Waals surface area contributed by atoms with Crippen LogP contribution in [0, 0.1) is 13.8 Å². The molecule has 2 heterocycles. The van der Waals surface area contributed by atoms with Gasteiger partial charge in [0.2, 0.25) is 0 Å². The second kappa shape index (κ2) is 7.91. The zero-order valence-corrected chi connectivity index (χ0v) is 16.1. The van der Waals surface area contributed by atoms with Crippen molar-refractivity contribution in [3.63, 3.8) is 0 Å². The fourth-order valence-electron chi connectivity index (χ4n) is 2.91. The number of carbonyl (C=O) groups is 1. The highest BCUT2D eigenvalue weighted by atomic mass is 32.2. The molecule has 0 radical (unpaired) electrons. The zero-order chi connectivity index (χ0) is 19.4. The maximum Gasteiger partial charge on any atom is 0.262 e. The van der Waals surface area contributed by atoms with Gasteiger partial charge < -0.3 is 9.84 Å². The monoisotopic (exact) mass is 390 g/mol. The molecule has 0 bridgehead atoms. The molecule has 144 valence electrons. The normalized spacial score (nSPS) is 15.0. The minimum atomic E-state index is -3.77. The van der Waals surface area contributed by atoms with E-state index in [0.717, 1.165) is 19.3 Å². The number of hydrogen-bond donors (Lipinski definition) is 2. The van der Waals surface area contributed by atoms with Crippen LogP contribution >= 0.6 is 0 Å². The Labute approximate surface area is 158 Å². The largest absolute Gasteiger partial charge is 0.361 e. The smallest absolute Gasteiger partial charge is 0.262 e. The summed E-state index contributed by atoms with van der Waals surface area (Å²) in [5.41, 5.74) is 1.18. The van der Waals surface area contributed by atoms with Gasteiger partial charge in [-0.2, -0.15) is 0 Å². The standard InChI is InChI=1S/C18H22N4O4S/c1-12-17(13(2)26-21-12)18(23)20-14-7-6-8-15(11-14)27(24,25)22-16-9-4-3-5-10-19-16/h6-8,11H,3-5,9-10H2,1-2H3,(H,19,22)(H,20,23). The molecule has 2 aromatic rings. The molecule has 0 unspecified atom stereocenters. The van der Waals surface area contributed by atoms with Crippen LogP contribution in [-0.4, -0.2) is 31.9 Å². The minimum absolute atomic E-state index is 0.0611. The summed E-state index contributed by atoms with van der Waals surface area (Å²) in [6.45, 7) is 3.95. The summed E-state index contributed by atoms with van der Waals surface area (Å²) in [4.78, 5) is 16.8. The maximum absolute atomic E-state index is 12.7. The molecule has 3 rings (SSSR count). The molecular formula is C18H22N4O4S. The molecule has 0 aliphatic carbocycles. The third kappa shape index (κ3) is 4.54. The molecular weight excluding hydrogens is 368 g/mol. The number of nitrogens with zero attached hydrogens (tertiary/aromatic N) is 2. The lowest BCUT2D eigenvalue weighted by Crippen LogP contribution is -2.30. The van der Waals surface area contributed by atoms with Crippen LogP contribution in [0.3, 0.4) is 0 Å². The number of carbonyl (C=O) groups excluding carboxylic acids is 1. The Bertz CT molecular complexity index is 959. The van der Waals surface area contributed by atoms with Crippen LogP contribution in [0.1, 0.15) is 47.5 Å². The quantitative estimate of drug-likeness (QED) is 0.833. The Morgan fingerprint density at radius 2 is 2.00 bits per heavy atom. The summed E-state index contributed by atoms with van der Waals surface area (Å²) in [6, 6.07) is 6.09. The van der Waals surface area contributed by atoms with E-state index in [-0.39, 0.29) is 4.90 Å². The Balaban J connectivity index is 1.78. The van der Waals surface area contributed by atoms with Gasteiger partial charge in [0.25, 0.3) is 15.9 Å². The molecule has 0 fully saturated rings. The lowest BCUT2D eigenvalue weighted by atomic mass is 10.2. The van der Waals surface area contributed by atoms with Crippen LogP contribution in [0.15, 0.2) is 38.7 Å². The van der Waals surface area contributed by atoms with Crippen molar-refractivity contribution in [3.8, 4) is 0 Å². The van der Waals surface area contributed by atoms with Gasteiger partial charge in [-0.3, -0.25) is 14.5 Å². The van der Waals surface area contributed by atoms with E-state index in [9.17, 15) is 13.2 Å². The van der Waals surface area contributed by atoms with Gasteiger partial charge in [-0.05, 0) is 44.9 Å². The Morgan fingerprint density at radius 1 is 1.19 bits per heavy atom. The van der Waals surface area contributed by atoms with E-state index in [1.54, 1.807) is 26.0 Å². The van der Waals surface area contributed by atoms with Crippen molar-refractivity contribution >= 4 is 27.5 Å². The van der Waals surface area contributed by atoms with Crippen molar-refractivity contribution in [2.75, 3.05) is 11.9 Å². The molecule has 2 N–H and O–H groups in total. The van der Waals surface area contributed by atoms with Gasteiger partial charge in [0, 0.05) is 18.7 Å². The van der Waals surface area contributed by atoms with E-state index in [4.69, 9.17) is 4.52 Å². The van der Waals surface area contributed by atoms with Crippen molar-refractivity contribution in [3.05, 3.63) is 41.3 Å². The van der Waals surface area contributed by atoms with E-state index in [1.807, 2.05) is 0 Å². The van der Waals surface area contributed by atoms with Gasteiger partial charge in [-0.15, -0.1) is 0 Å². The van der Waals surface area contributed by atoms with Gasteiger partial charge in [-0.25, -0.2) is 8.42 Å². The number of aliphatic imine (C=N–C) groups is 1. The second-order valence-corrected chi connectivity index (χ2v) is 8.11. The van der Waals surface area contributed by atoms with Crippen LogP contribution in [0.25, 0.3) is 0 Å². The summed E-state index contributed by atoms with van der Waals surface area (Å²) in [6.07, 6.45) is 3.53. The fraction of sp³-hybridized carbons (Fsp3) is 0.389. The van der Waals surface area contributed by atoms with E-state index >= 15 is 0 Å². The van der Waals surface area contributed by atoms with Crippen LogP contribution in [0.2, 0.25) is 0 Å². The van der Waals surface area contributed by atoms with Gasteiger partial charge >= 0.3 is 0 Å². The van der Waals surface area contributed by atoms with Crippen molar-refractivity contribution in [2.24, 2.45) is 4.99 Å². The lowest BCUT2D eigenvalue weighted by Gasteiger charge is -2.11. The van der Waals surface area contributed by atoms with Gasteiger partial charge in [0.1, 0.15) is 17.2 Å². The molecule has 1 aromatic heterocycles. The molecule has 0 saturated carbocycles. The van der Waals surface area contributed by atoms with E-state index in [2.05, 4.69) is 20.2 Å². The topological polar surface area (TPSA) is 114 Å². The molecule has 1 aromatic carbocycles. The summed E-state index contributed by atoms with van der Waals surface area (Å²) in [5, 5.41) is 6.44. The number of amidine groups is 1. The minimum Gasteiger partial charge on any atom is -0.361 e. The number of hydrogen-bond acceptors (Lipinski definition) is 6. The number of nitrogens with one attached hydrogen (secondary N) is 2. The Hall–Kier alpha value is -2.68. The van der Waals surface area contributed by atoms with Crippen molar-refractivity contribution < 1.29 is 17.7 Å². The van der Waals surface area contributed by atoms with E-state index in [0.29, 0.717) is 41.5 Å². The van der Waals surface area contributed by atoms with Crippen molar-refractivity contribution in [1.82, 2.24) is 9.88 Å². The van der Waals surface area contributed by atoms with Gasteiger partial charge in [0.15, 0.2) is 0 Å². The first-order chi connectivity index (χ1) is 12.9. The number of sulfonamides is 1. The molecule has 1 aliphatic heterocycles. The molecule has 0 saturated heterocycles. The first-order valence-electron chi connectivity index (χ1n) is 8.77. The fourth-order valence-corrected chi connectivity index (χ4v) is 4.05. The summed E-state index contributed by atoms with van der Waals surface area (Å²) in [7, 11) is -3.77. The summed E-state index contributed by atoms with van der Waals surface area (Å²) < 4.78 is 32.9. The van der Waals surface area contributed by atoms with Crippen LogP contribution in [0.5, 0.6) is 0 Å². The average molecular weight is 390 g/mol. The van der Waals surface area contributed by atoms with Gasteiger partial charge in [0.05, 0.1) is 10.6 Å². The maximum atomic E-state index is 12.7. The molecule has 0 spiro atoms. The Kier molecular flexibility index (Phi) is 5.59. The molecule has 0 atom stereocenters. The third-order valence-electron chi connectivity index (χ3n) is 4.29. The number of aryl methyl sites for hydroxylation is 2. The predicted octanol–water partition coefficient (Wildman–Crippen LogP) is 2.79. The highest BCUT2D eigenvalue weighted by Crippen LogP contribution is 2.19. The number of benzene rings is 1. The van der Waals surface area contributed by atoms with Crippen molar-refractivity contribution in [1.29, 1.82) is 0 Å². The van der Waals surface area contributed by atoms with Gasteiger partial charge in [-0.1, -0.05) is 17.6 Å². The van der Waals surface area contributed by atoms with E-state index < -0.39 is 15.9 Å². The van der Waals surface area contributed by atoms with Crippen LogP contribution in [-0.2, 0) is 10.0 Å². The highest BCUT2D eigenvalue weighted by Gasteiger charge is 2.20. The number of rotatable bonds is 4. The molecule has 1 amide bonds. The number of aromatic nitrogens is 1. The van der Waals surface area contributed by atoms with Crippen molar-refractivity contribution in [2.45, 2.75) is 44.4 Å². The first-order valence-corrected chi connectivity index (χ1v) is 10.3. The second-order valence-electron chi connectivity index (χ2n) is 6.43. The Morgan fingerprint density at radius 3 is 2.74 bits per heavy atom.